The van der Waals surface area contributed by atoms with Crippen LogP contribution >= 0.6 is 0 Å². The number of aromatic nitrogens is 1. The second-order valence-electron chi connectivity index (χ2n) is 6.23. The molecule has 28 heavy (non-hydrogen) atoms. The predicted molar refractivity (Wildman–Crippen MR) is 94.7 cm³/mol. The Hall–Kier alpha value is -2.18. The number of carbonyl (C=O) groups excluding carboxylic acids is 2. The first kappa shape index (κ1) is 22.1. The molecule has 2 heterocycles. The van der Waals surface area contributed by atoms with Crippen LogP contribution < -0.4 is 4.72 Å². The first-order valence-electron chi connectivity index (χ1n) is 8.74. The second-order valence-corrected chi connectivity index (χ2v) is 7.91. The first-order chi connectivity index (χ1) is 13.2. The van der Waals surface area contributed by atoms with Gasteiger partial charge in [-0.3, -0.25) is 0 Å². The Morgan fingerprint density at radius 2 is 1.96 bits per heavy atom. The fraction of sp³-hybridized carbons (Fsp3) is 0.625. The van der Waals surface area contributed by atoms with Gasteiger partial charge >= 0.3 is 12.1 Å². The summed E-state index contributed by atoms with van der Waals surface area (Å²) in [6, 6.07) is -1.38. The van der Waals surface area contributed by atoms with Crippen molar-refractivity contribution >= 4 is 22.1 Å². The summed E-state index contributed by atoms with van der Waals surface area (Å²) in [6.07, 6.45) is 0.443. The molecule has 0 unspecified atom stereocenters. The quantitative estimate of drug-likeness (QED) is 0.603. The van der Waals surface area contributed by atoms with Crippen LogP contribution in [0.2, 0.25) is 0 Å². The number of sulfonamides is 1. The van der Waals surface area contributed by atoms with E-state index in [4.69, 9.17) is 9.47 Å². The molecule has 1 amide bonds. The Morgan fingerprint density at radius 3 is 2.54 bits per heavy atom. The second kappa shape index (κ2) is 8.88. The van der Waals surface area contributed by atoms with Crippen molar-refractivity contribution in [1.29, 1.82) is 0 Å². The maximum Gasteiger partial charge on any atom is 0.410 e. The fourth-order valence-corrected chi connectivity index (χ4v) is 4.44. The highest BCUT2D eigenvalue weighted by Gasteiger charge is 2.39. The molecule has 1 aliphatic heterocycles. The van der Waals surface area contributed by atoms with E-state index in [1.165, 1.54) is 11.9 Å². The molecule has 2 rings (SSSR count). The molecule has 1 aromatic heterocycles. The summed E-state index contributed by atoms with van der Waals surface area (Å²) in [4.78, 5) is 24.3. The van der Waals surface area contributed by atoms with Crippen LogP contribution in [-0.4, -0.2) is 73.5 Å². The predicted octanol–water partition coefficient (Wildman–Crippen LogP) is 0.211. The molecule has 158 valence electrons. The van der Waals surface area contributed by atoms with E-state index in [1.54, 1.807) is 13.8 Å². The number of amides is 1. The zero-order valence-corrected chi connectivity index (χ0v) is 16.7. The summed E-state index contributed by atoms with van der Waals surface area (Å²) >= 11 is 0. The Balaban J connectivity index is 2.22. The highest BCUT2D eigenvalue weighted by Crippen LogP contribution is 2.24. The van der Waals surface area contributed by atoms with Crippen molar-refractivity contribution in [3.63, 3.8) is 0 Å². The van der Waals surface area contributed by atoms with Crippen LogP contribution in [0.15, 0.2) is 11.1 Å². The van der Waals surface area contributed by atoms with Crippen molar-refractivity contribution in [3.05, 3.63) is 17.7 Å². The van der Waals surface area contributed by atoms with E-state index in [2.05, 4.69) is 4.72 Å². The van der Waals surface area contributed by atoms with Crippen molar-refractivity contribution in [2.45, 2.75) is 37.2 Å². The minimum absolute atomic E-state index is 0.0120. The lowest BCUT2D eigenvalue weighted by atomic mass is 10.2. The molecule has 2 N–H and O–H groups in total. The molecule has 1 aliphatic rings. The molecule has 0 aromatic carbocycles. The minimum atomic E-state index is -4.33. The van der Waals surface area contributed by atoms with Crippen molar-refractivity contribution in [1.82, 2.24) is 14.2 Å². The zero-order chi connectivity index (χ0) is 21.1. The number of aliphatic hydroxyl groups is 1. The number of halogens is 1. The van der Waals surface area contributed by atoms with E-state index >= 15 is 0 Å². The van der Waals surface area contributed by atoms with E-state index < -0.39 is 50.6 Å². The van der Waals surface area contributed by atoms with Crippen LogP contribution in [-0.2, 0) is 26.5 Å². The Morgan fingerprint density at radius 1 is 1.32 bits per heavy atom. The van der Waals surface area contributed by atoms with Gasteiger partial charge in [-0.2, -0.15) is 0 Å². The zero-order valence-electron chi connectivity index (χ0n) is 15.8. The van der Waals surface area contributed by atoms with Crippen LogP contribution in [0.3, 0.4) is 0 Å². The van der Waals surface area contributed by atoms with Gasteiger partial charge in [0.1, 0.15) is 4.90 Å². The van der Waals surface area contributed by atoms with Gasteiger partial charge in [0.05, 0.1) is 25.9 Å². The molecule has 1 saturated heterocycles. The van der Waals surface area contributed by atoms with Crippen molar-refractivity contribution in [2.75, 3.05) is 26.4 Å². The van der Waals surface area contributed by atoms with Gasteiger partial charge < -0.3 is 24.0 Å². The van der Waals surface area contributed by atoms with E-state index in [-0.39, 0.29) is 32.8 Å². The third kappa shape index (κ3) is 4.45. The fourth-order valence-electron chi connectivity index (χ4n) is 3.08. The Bertz CT molecular complexity index is 840. The standard InChI is InChI=1S/C16H24FN3O7S/c1-4-26-15(22)14-13(17)12(8-19(14)3)28(24,25)18-10-6-11(9-21)20(7-10)16(23)27-5-2/h8,10-11,18,21H,4-7,9H2,1-3H3/t10-,11-/m1/s1. The van der Waals surface area contributed by atoms with Crippen LogP contribution in [0.25, 0.3) is 0 Å². The van der Waals surface area contributed by atoms with Crippen LogP contribution in [0, 0.1) is 5.82 Å². The number of aliphatic hydroxyl groups excluding tert-OH is 1. The van der Waals surface area contributed by atoms with E-state index in [9.17, 15) is 27.5 Å². The molecule has 1 aromatic rings. The third-order valence-electron chi connectivity index (χ3n) is 4.30. The van der Waals surface area contributed by atoms with Crippen molar-refractivity contribution < 1.29 is 37.0 Å². The number of aryl methyl sites for hydroxylation is 1. The number of rotatable bonds is 7. The monoisotopic (exact) mass is 421 g/mol. The lowest BCUT2D eigenvalue weighted by Gasteiger charge is -2.21. The van der Waals surface area contributed by atoms with Gasteiger partial charge in [0.15, 0.2) is 11.5 Å². The van der Waals surface area contributed by atoms with Crippen molar-refractivity contribution in [2.24, 2.45) is 7.05 Å². The van der Waals surface area contributed by atoms with Gasteiger partial charge in [0, 0.05) is 25.8 Å². The molecular formula is C16H24FN3O7S. The highest BCUT2D eigenvalue weighted by atomic mass is 32.2. The largest absolute Gasteiger partial charge is 0.461 e. The van der Waals surface area contributed by atoms with Crippen LogP contribution in [0.4, 0.5) is 9.18 Å². The number of nitrogens with zero attached hydrogens (tertiary/aromatic N) is 2. The van der Waals surface area contributed by atoms with Gasteiger partial charge in [-0.1, -0.05) is 0 Å². The van der Waals surface area contributed by atoms with E-state index in [1.807, 2.05) is 0 Å². The van der Waals surface area contributed by atoms with Gasteiger partial charge in [-0.15, -0.1) is 0 Å². The average Bonchev–Trinajstić information content (AvgIpc) is 3.15. The molecule has 0 radical (unpaired) electrons. The summed E-state index contributed by atoms with van der Waals surface area (Å²) in [5, 5.41) is 9.44. The number of hydrogen-bond donors (Lipinski definition) is 2. The summed E-state index contributed by atoms with van der Waals surface area (Å²) in [7, 11) is -3.00. The third-order valence-corrected chi connectivity index (χ3v) is 5.80. The molecular weight excluding hydrogens is 397 g/mol. The molecule has 12 heteroatoms. The summed E-state index contributed by atoms with van der Waals surface area (Å²) in [6.45, 7) is 2.91. The lowest BCUT2D eigenvalue weighted by Crippen LogP contribution is -2.40. The maximum absolute atomic E-state index is 14.6. The number of esters is 1. The SMILES string of the molecule is CCOC(=O)c1c(F)c(S(=O)(=O)N[C@@H]2C[C@H](CO)N(C(=O)OCC)C2)cn1C. The van der Waals surface area contributed by atoms with Gasteiger partial charge in [-0.25, -0.2) is 27.1 Å². The van der Waals surface area contributed by atoms with Crippen LogP contribution in [0.1, 0.15) is 30.8 Å². The smallest absolute Gasteiger partial charge is 0.410 e. The molecule has 0 spiro atoms. The minimum Gasteiger partial charge on any atom is -0.461 e. The molecule has 0 aliphatic carbocycles. The van der Waals surface area contributed by atoms with Gasteiger partial charge in [0.25, 0.3) is 0 Å². The number of ether oxygens (including phenoxy) is 2. The Kier molecular flexibility index (Phi) is 7.01. The topological polar surface area (TPSA) is 127 Å². The average molecular weight is 421 g/mol. The molecule has 2 atom stereocenters. The van der Waals surface area contributed by atoms with Gasteiger partial charge in [-0.05, 0) is 20.3 Å². The first-order valence-corrected chi connectivity index (χ1v) is 10.2. The highest BCUT2D eigenvalue weighted by molar-refractivity contribution is 7.89. The molecule has 0 bridgehead atoms. The molecule has 0 saturated carbocycles. The normalized spacial score (nSPS) is 19.7. The van der Waals surface area contributed by atoms with Gasteiger partial charge in [0.2, 0.25) is 10.0 Å². The van der Waals surface area contributed by atoms with Crippen molar-refractivity contribution in [3.8, 4) is 0 Å². The summed E-state index contributed by atoms with van der Waals surface area (Å²) in [5.41, 5.74) is -0.505. The number of carbonyl (C=O) groups is 2. The van der Waals surface area contributed by atoms with E-state index in [0.29, 0.717) is 0 Å². The number of hydrogen-bond acceptors (Lipinski definition) is 7. The maximum atomic E-state index is 14.6. The number of nitrogens with one attached hydrogen (secondary N) is 1. The Labute approximate surface area is 162 Å². The molecule has 1 fully saturated rings. The van der Waals surface area contributed by atoms with E-state index in [0.717, 1.165) is 10.8 Å². The lowest BCUT2D eigenvalue weighted by molar-refractivity contribution is 0.0509. The van der Waals surface area contributed by atoms with Crippen LogP contribution in [0.5, 0.6) is 0 Å². The summed E-state index contributed by atoms with van der Waals surface area (Å²) in [5.74, 6) is -2.19. The molecule has 10 nitrogen and oxygen atoms in total. The number of likely N-dealkylation sites (tertiary alicyclic amines) is 1. The summed E-state index contributed by atoms with van der Waals surface area (Å²) < 4.78 is 52.9.